The summed E-state index contributed by atoms with van der Waals surface area (Å²) in [7, 11) is -3.69. The number of thioether (sulfide) groups is 1. The van der Waals surface area contributed by atoms with Gasteiger partial charge in [-0.2, -0.15) is 0 Å². The highest BCUT2D eigenvalue weighted by Crippen LogP contribution is 2.24. The number of hydrogen-bond acceptors (Lipinski definition) is 8. The molecule has 0 bridgehead atoms. The number of sulfonamides is 1. The van der Waals surface area contributed by atoms with Crippen LogP contribution in [0.2, 0.25) is 0 Å². The third kappa shape index (κ3) is 6.08. The van der Waals surface area contributed by atoms with Crippen LogP contribution in [0.4, 0.5) is 5.95 Å². The lowest BCUT2D eigenvalue weighted by atomic mass is 10.2. The number of nitrogens with zero attached hydrogens (tertiary/aromatic N) is 4. The molecule has 9 nitrogen and oxygen atoms in total. The van der Waals surface area contributed by atoms with E-state index in [1.807, 2.05) is 0 Å². The fraction of sp³-hybridized carbons (Fsp3) is 0.556. The van der Waals surface area contributed by atoms with Crippen molar-refractivity contribution >= 4 is 27.7 Å². The first kappa shape index (κ1) is 21.9. The first-order valence-electron chi connectivity index (χ1n) is 9.49. The number of nitrogens with two attached hydrogens (primary N) is 1. The molecule has 0 amide bonds. The zero-order valence-electron chi connectivity index (χ0n) is 16.7. The summed E-state index contributed by atoms with van der Waals surface area (Å²) in [5.41, 5.74) is 0. The lowest BCUT2D eigenvalue weighted by Crippen LogP contribution is -2.38. The second kappa shape index (κ2) is 9.79. The maximum Gasteiger partial charge on any atom is 0.238 e. The molecule has 2 aromatic rings. The molecule has 1 fully saturated rings. The second-order valence-electron chi connectivity index (χ2n) is 7.10. The van der Waals surface area contributed by atoms with Crippen LogP contribution in [0, 0.1) is 5.92 Å². The Morgan fingerprint density at radius 1 is 1.21 bits per heavy atom. The topological polar surface area (TPSA) is 113 Å². The number of ether oxygens (including phenoxy) is 2. The smallest absolute Gasteiger partial charge is 0.238 e. The largest absolute Gasteiger partial charge is 0.493 e. The van der Waals surface area contributed by atoms with Crippen LogP contribution >= 0.6 is 11.8 Å². The molecule has 0 saturated carbocycles. The summed E-state index contributed by atoms with van der Waals surface area (Å²) in [5, 5.41) is 14.8. The molecule has 1 aliphatic heterocycles. The summed E-state index contributed by atoms with van der Waals surface area (Å²) >= 11 is 1.59. The summed E-state index contributed by atoms with van der Waals surface area (Å²) in [5.74, 6) is 2.65. The summed E-state index contributed by atoms with van der Waals surface area (Å²) in [6, 6.07) is 6.07. The van der Waals surface area contributed by atoms with Crippen molar-refractivity contribution < 1.29 is 17.9 Å². The van der Waals surface area contributed by atoms with Crippen LogP contribution in [0.25, 0.3) is 0 Å². The Balaban J connectivity index is 1.57. The molecular weight excluding hydrogens is 414 g/mol. The van der Waals surface area contributed by atoms with Crippen molar-refractivity contribution in [3.63, 3.8) is 0 Å². The monoisotopic (exact) mass is 441 g/mol. The predicted octanol–water partition coefficient (Wildman–Crippen LogP) is 1.59. The van der Waals surface area contributed by atoms with Gasteiger partial charge in [0.1, 0.15) is 5.75 Å². The van der Waals surface area contributed by atoms with Crippen molar-refractivity contribution in [2.24, 2.45) is 11.1 Å². The molecule has 1 saturated heterocycles. The molecule has 11 heteroatoms. The maximum atomic E-state index is 11.3. The molecule has 1 aromatic carbocycles. The molecule has 1 aromatic heterocycles. The van der Waals surface area contributed by atoms with Gasteiger partial charge in [0, 0.05) is 25.4 Å². The van der Waals surface area contributed by atoms with Crippen LogP contribution in [0.15, 0.2) is 34.3 Å². The molecule has 0 unspecified atom stereocenters. The summed E-state index contributed by atoms with van der Waals surface area (Å²) < 4.78 is 35.9. The highest BCUT2D eigenvalue weighted by molar-refractivity contribution is 7.99. The molecule has 0 aliphatic carbocycles. The summed E-state index contributed by atoms with van der Waals surface area (Å²) in [6.45, 7) is 8.69. The van der Waals surface area contributed by atoms with Gasteiger partial charge in [0.2, 0.25) is 16.0 Å². The van der Waals surface area contributed by atoms with E-state index in [1.54, 1.807) is 23.9 Å². The van der Waals surface area contributed by atoms with E-state index < -0.39 is 10.0 Å². The van der Waals surface area contributed by atoms with E-state index in [-0.39, 0.29) is 4.90 Å². The SMILES string of the molecule is CC(C)Cn1c(SCCOc2ccc(S(N)(=O)=O)cc2)nnc1N1CCOCC1. The van der Waals surface area contributed by atoms with Crippen molar-refractivity contribution in [2.75, 3.05) is 43.6 Å². The average Bonchev–Trinajstić information content (AvgIpc) is 3.07. The van der Waals surface area contributed by atoms with Crippen molar-refractivity contribution in [3.8, 4) is 5.75 Å². The predicted molar refractivity (Wildman–Crippen MR) is 112 cm³/mol. The zero-order valence-corrected chi connectivity index (χ0v) is 18.3. The number of rotatable bonds is 9. The number of aromatic nitrogens is 3. The standard InChI is InChI=1S/C18H27N5O4S2/c1-14(2)13-23-17(22-7-9-26-10-8-22)20-21-18(23)28-12-11-27-15-3-5-16(6-4-15)29(19,24)25/h3-6,14H,7-13H2,1-2H3,(H2,19,24,25). The van der Waals surface area contributed by atoms with Crippen LogP contribution in [-0.4, -0.2) is 61.8 Å². The van der Waals surface area contributed by atoms with E-state index in [1.165, 1.54) is 12.1 Å². The van der Waals surface area contributed by atoms with Gasteiger partial charge in [-0.05, 0) is 30.2 Å². The van der Waals surface area contributed by atoms with Gasteiger partial charge in [0.15, 0.2) is 5.16 Å². The molecule has 3 rings (SSSR count). The molecular formula is C18H27N5O4S2. The van der Waals surface area contributed by atoms with Gasteiger partial charge in [0.25, 0.3) is 0 Å². The molecule has 2 N–H and O–H groups in total. The van der Waals surface area contributed by atoms with Crippen molar-refractivity contribution in [2.45, 2.75) is 30.4 Å². The Kier molecular flexibility index (Phi) is 7.38. The number of morpholine rings is 1. The highest BCUT2D eigenvalue weighted by atomic mass is 32.2. The molecule has 0 spiro atoms. The fourth-order valence-electron chi connectivity index (χ4n) is 2.93. The van der Waals surface area contributed by atoms with E-state index in [0.29, 0.717) is 37.2 Å². The lowest BCUT2D eigenvalue weighted by molar-refractivity contribution is 0.121. The zero-order chi connectivity index (χ0) is 20.9. The minimum absolute atomic E-state index is 0.0663. The number of primary sulfonamides is 1. The van der Waals surface area contributed by atoms with E-state index in [4.69, 9.17) is 14.6 Å². The van der Waals surface area contributed by atoms with Gasteiger partial charge in [-0.3, -0.25) is 4.57 Å². The van der Waals surface area contributed by atoms with Gasteiger partial charge < -0.3 is 14.4 Å². The van der Waals surface area contributed by atoms with Gasteiger partial charge in [-0.1, -0.05) is 25.6 Å². The fourth-order valence-corrected chi connectivity index (χ4v) is 4.20. The lowest BCUT2D eigenvalue weighted by Gasteiger charge is -2.28. The minimum atomic E-state index is -3.69. The normalized spacial score (nSPS) is 15.1. The van der Waals surface area contributed by atoms with Crippen LogP contribution in [0.1, 0.15) is 13.8 Å². The van der Waals surface area contributed by atoms with Crippen molar-refractivity contribution in [1.82, 2.24) is 14.8 Å². The van der Waals surface area contributed by atoms with Gasteiger partial charge >= 0.3 is 0 Å². The molecule has 2 heterocycles. The number of anilines is 1. The first-order valence-corrected chi connectivity index (χ1v) is 12.0. The number of hydrogen-bond donors (Lipinski definition) is 1. The van der Waals surface area contributed by atoms with Crippen LogP contribution in [0.5, 0.6) is 5.75 Å². The third-order valence-corrected chi connectivity index (χ3v) is 6.13. The Labute approximate surface area is 175 Å². The highest BCUT2D eigenvalue weighted by Gasteiger charge is 2.21. The van der Waals surface area contributed by atoms with Crippen LogP contribution < -0.4 is 14.8 Å². The molecule has 0 atom stereocenters. The third-order valence-electron chi connectivity index (χ3n) is 4.27. The maximum absolute atomic E-state index is 11.3. The first-order chi connectivity index (χ1) is 13.8. The quantitative estimate of drug-likeness (QED) is 0.461. The Morgan fingerprint density at radius 2 is 1.90 bits per heavy atom. The summed E-state index contributed by atoms with van der Waals surface area (Å²) in [4.78, 5) is 2.28. The van der Waals surface area contributed by atoms with Gasteiger partial charge in [-0.15, -0.1) is 10.2 Å². The van der Waals surface area contributed by atoms with Crippen molar-refractivity contribution in [1.29, 1.82) is 0 Å². The second-order valence-corrected chi connectivity index (χ2v) is 9.72. The molecule has 0 radical (unpaired) electrons. The minimum Gasteiger partial charge on any atom is -0.493 e. The van der Waals surface area contributed by atoms with Crippen LogP contribution in [0.3, 0.4) is 0 Å². The molecule has 1 aliphatic rings. The molecule has 29 heavy (non-hydrogen) atoms. The van der Waals surface area contributed by atoms with E-state index in [2.05, 4.69) is 33.5 Å². The van der Waals surface area contributed by atoms with E-state index in [0.717, 1.165) is 30.7 Å². The number of benzene rings is 1. The Hall–Kier alpha value is -1.82. The summed E-state index contributed by atoms with van der Waals surface area (Å²) in [6.07, 6.45) is 0. The van der Waals surface area contributed by atoms with Crippen LogP contribution in [-0.2, 0) is 21.3 Å². The Morgan fingerprint density at radius 3 is 2.52 bits per heavy atom. The van der Waals surface area contributed by atoms with Gasteiger partial charge in [0.05, 0.1) is 24.7 Å². The van der Waals surface area contributed by atoms with Gasteiger partial charge in [-0.25, -0.2) is 13.6 Å². The van der Waals surface area contributed by atoms with E-state index >= 15 is 0 Å². The average molecular weight is 442 g/mol. The van der Waals surface area contributed by atoms with Crippen molar-refractivity contribution in [3.05, 3.63) is 24.3 Å². The Bertz CT molecular complexity index is 893. The van der Waals surface area contributed by atoms with E-state index in [9.17, 15) is 8.42 Å². The molecule has 160 valence electrons.